The average molecular weight is 150 g/mol. The molecule has 1 nitrogen and oxygen atoms in total. The molecule has 2 aliphatic rings. The average Bonchev–Trinajstić information content (AvgIpc) is 2.46. The summed E-state index contributed by atoms with van der Waals surface area (Å²) in [5.41, 5.74) is 1.06. The van der Waals surface area contributed by atoms with E-state index in [4.69, 9.17) is 0 Å². The van der Waals surface area contributed by atoms with Crippen LogP contribution >= 0.6 is 0 Å². The Labute approximate surface area is 67.5 Å². The summed E-state index contributed by atoms with van der Waals surface area (Å²) >= 11 is 0. The van der Waals surface area contributed by atoms with Gasteiger partial charge in [0.15, 0.2) is 0 Å². The van der Waals surface area contributed by atoms with Gasteiger partial charge in [0.1, 0.15) is 6.29 Å². The quantitative estimate of drug-likeness (QED) is 0.524. The zero-order valence-electron chi connectivity index (χ0n) is 6.75. The topological polar surface area (TPSA) is 17.1 Å². The lowest BCUT2D eigenvalue weighted by Crippen LogP contribution is -2.12. The van der Waals surface area contributed by atoms with E-state index in [2.05, 4.69) is 6.08 Å². The largest absolute Gasteiger partial charge is 0.298 e. The fraction of sp³-hybridized carbons (Fsp3) is 0.700. The Balaban J connectivity index is 2.07. The van der Waals surface area contributed by atoms with Gasteiger partial charge in [0.25, 0.3) is 0 Å². The zero-order valence-corrected chi connectivity index (χ0v) is 6.75. The third-order valence-electron chi connectivity index (χ3n) is 3.05. The summed E-state index contributed by atoms with van der Waals surface area (Å²) in [5, 5.41) is 0. The first-order valence-corrected chi connectivity index (χ1v) is 4.56. The summed E-state index contributed by atoms with van der Waals surface area (Å²) in [4.78, 5) is 10.5. The lowest BCUT2D eigenvalue weighted by molar-refractivity contribution is -0.105. The SMILES string of the molecule is O=CC1=C[C@@H]2CCCC[C@@H]2C1. The Kier molecular flexibility index (Phi) is 1.80. The van der Waals surface area contributed by atoms with E-state index in [1.54, 1.807) is 0 Å². The predicted molar refractivity (Wildman–Crippen MR) is 44.2 cm³/mol. The number of aldehydes is 1. The summed E-state index contributed by atoms with van der Waals surface area (Å²) < 4.78 is 0. The summed E-state index contributed by atoms with van der Waals surface area (Å²) in [5.74, 6) is 1.58. The highest BCUT2D eigenvalue weighted by atomic mass is 16.1. The molecule has 2 aliphatic carbocycles. The first kappa shape index (κ1) is 7.08. The molecule has 0 radical (unpaired) electrons. The minimum Gasteiger partial charge on any atom is -0.298 e. The maximum Gasteiger partial charge on any atom is 0.145 e. The molecule has 1 fully saturated rings. The molecule has 0 heterocycles. The molecule has 2 rings (SSSR count). The number of hydrogen-bond donors (Lipinski definition) is 0. The van der Waals surface area contributed by atoms with Crippen molar-refractivity contribution in [2.24, 2.45) is 11.8 Å². The van der Waals surface area contributed by atoms with Crippen molar-refractivity contribution in [2.45, 2.75) is 32.1 Å². The van der Waals surface area contributed by atoms with Gasteiger partial charge in [-0.2, -0.15) is 0 Å². The van der Waals surface area contributed by atoms with E-state index in [9.17, 15) is 4.79 Å². The molecule has 0 bridgehead atoms. The van der Waals surface area contributed by atoms with E-state index in [1.807, 2.05) is 0 Å². The van der Waals surface area contributed by atoms with E-state index in [0.717, 1.165) is 30.1 Å². The smallest absolute Gasteiger partial charge is 0.145 e. The molecule has 1 saturated carbocycles. The number of rotatable bonds is 1. The van der Waals surface area contributed by atoms with Crippen LogP contribution in [0.4, 0.5) is 0 Å². The number of fused-ring (bicyclic) bond motifs is 1. The van der Waals surface area contributed by atoms with Gasteiger partial charge in [-0.3, -0.25) is 4.79 Å². The Morgan fingerprint density at radius 1 is 1.36 bits per heavy atom. The van der Waals surface area contributed by atoms with Crippen LogP contribution in [0, 0.1) is 11.8 Å². The summed E-state index contributed by atoms with van der Waals surface area (Å²) in [6.45, 7) is 0. The highest BCUT2D eigenvalue weighted by Crippen LogP contribution is 2.40. The van der Waals surface area contributed by atoms with E-state index in [1.165, 1.54) is 25.7 Å². The second-order valence-corrected chi connectivity index (χ2v) is 3.77. The number of carbonyl (C=O) groups is 1. The first-order valence-electron chi connectivity index (χ1n) is 4.56. The number of carbonyl (C=O) groups excluding carboxylic acids is 1. The van der Waals surface area contributed by atoms with Gasteiger partial charge in [0.05, 0.1) is 0 Å². The number of allylic oxidation sites excluding steroid dienone is 2. The first-order chi connectivity index (χ1) is 5.40. The van der Waals surface area contributed by atoms with E-state index >= 15 is 0 Å². The molecule has 0 aromatic rings. The fourth-order valence-corrected chi connectivity index (χ4v) is 2.44. The van der Waals surface area contributed by atoms with Crippen LogP contribution in [-0.4, -0.2) is 6.29 Å². The summed E-state index contributed by atoms with van der Waals surface area (Å²) in [6, 6.07) is 0. The Bertz CT molecular complexity index is 193. The van der Waals surface area contributed by atoms with Gasteiger partial charge in [0, 0.05) is 0 Å². The monoisotopic (exact) mass is 150 g/mol. The van der Waals surface area contributed by atoms with Crippen molar-refractivity contribution < 1.29 is 4.79 Å². The minimum atomic E-state index is 0.754. The van der Waals surface area contributed by atoms with Crippen LogP contribution < -0.4 is 0 Å². The second kappa shape index (κ2) is 2.80. The van der Waals surface area contributed by atoms with E-state index in [0.29, 0.717) is 0 Å². The molecule has 0 aromatic carbocycles. The van der Waals surface area contributed by atoms with E-state index < -0.39 is 0 Å². The molecule has 60 valence electrons. The van der Waals surface area contributed by atoms with Gasteiger partial charge in [0.2, 0.25) is 0 Å². The Morgan fingerprint density at radius 2 is 2.18 bits per heavy atom. The minimum absolute atomic E-state index is 0.754. The molecule has 0 amide bonds. The van der Waals surface area contributed by atoms with Crippen molar-refractivity contribution >= 4 is 6.29 Å². The van der Waals surface area contributed by atoms with Crippen LogP contribution in [0.15, 0.2) is 11.6 Å². The molecule has 0 aromatic heterocycles. The van der Waals surface area contributed by atoms with Gasteiger partial charge < -0.3 is 0 Å². The molecule has 0 saturated heterocycles. The summed E-state index contributed by atoms with van der Waals surface area (Å²) in [7, 11) is 0. The van der Waals surface area contributed by atoms with Crippen LogP contribution in [0.3, 0.4) is 0 Å². The van der Waals surface area contributed by atoms with Crippen molar-refractivity contribution in [2.75, 3.05) is 0 Å². The van der Waals surface area contributed by atoms with Crippen LogP contribution in [-0.2, 0) is 4.79 Å². The fourth-order valence-electron chi connectivity index (χ4n) is 2.44. The lowest BCUT2D eigenvalue weighted by Gasteiger charge is -2.23. The molecule has 0 spiro atoms. The third-order valence-corrected chi connectivity index (χ3v) is 3.05. The van der Waals surface area contributed by atoms with Crippen molar-refractivity contribution in [3.8, 4) is 0 Å². The van der Waals surface area contributed by atoms with Crippen LogP contribution in [0.25, 0.3) is 0 Å². The van der Waals surface area contributed by atoms with Crippen molar-refractivity contribution in [1.82, 2.24) is 0 Å². The maximum absolute atomic E-state index is 10.5. The van der Waals surface area contributed by atoms with Crippen molar-refractivity contribution in [1.29, 1.82) is 0 Å². The zero-order chi connectivity index (χ0) is 7.68. The Hall–Kier alpha value is -0.590. The van der Waals surface area contributed by atoms with Crippen molar-refractivity contribution in [3.05, 3.63) is 11.6 Å². The number of hydrogen-bond acceptors (Lipinski definition) is 1. The molecule has 0 unspecified atom stereocenters. The van der Waals surface area contributed by atoms with Crippen LogP contribution in [0.1, 0.15) is 32.1 Å². The second-order valence-electron chi connectivity index (χ2n) is 3.77. The van der Waals surface area contributed by atoms with Crippen molar-refractivity contribution in [3.63, 3.8) is 0 Å². The van der Waals surface area contributed by atoms with E-state index in [-0.39, 0.29) is 0 Å². The highest BCUT2D eigenvalue weighted by molar-refractivity contribution is 5.74. The molecule has 0 aliphatic heterocycles. The van der Waals surface area contributed by atoms with Gasteiger partial charge in [-0.25, -0.2) is 0 Å². The maximum atomic E-state index is 10.5. The third kappa shape index (κ3) is 1.24. The predicted octanol–water partition coefficient (Wildman–Crippen LogP) is 2.32. The van der Waals surface area contributed by atoms with Crippen LogP contribution in [0.2, 0.25) is 0 Å². The summed E-state index contributed by atoms with van der Waals surface area (Å²) in [6.07, 6.45) is 9.72. The molecular weight excluding hydrogens is 136 g/mol. The normalized spacial score (nSPS) is 36.2. The van der Waals surface area contributed by atoms with Gasteiger partial charge in [-0.15, -0.1) is 0 Å². The van der Waals surface area contributed by atoms with Gasteiger partial charge >= 0.3 is 0 Å². The standard InChI is InChI=1S/C10H14O/c11-7-8-5-9-3-1-2-4-10(9)6-8/h5,7,9-10H,1-4,6H2/t9-,10+/m0/s1. The Morgan fingerprint density at radius 3 is 2.91 bits per heavy atom. The molecule has 0 N–H and O–H groups in total. The van der Waals surface area contributed by atoms with Gasteiger partial charge in [-0.05, 0) is 36.7 Å². The molecule has 1 heteroatoms. The lowest BCUT2D eigenvalue weighted by atomic mass is 9.81. The molecule has 2 atom stereocenters. The molecule has 11 heavy (non-hydrogen) atoms. The van der Waals surface area contributed by atoms with Crippen LogP contribution in [0.5, 0.6) is 0 Å². The highest BCUT2D eigenvalue weighted by Gasteiger charge is 2.29. The van der Waals surface area contributed by atoms with Gasteiger partial charge in [-0.1, -0.05) is 18.9 Å². The molecular formula is C10H14O.